The maximum Gasteiger partial charge on any atom is 0.306 e. The zero-order valence-electron chi connectivity index (χ0n) is 61.7. The van der Waals surface area contributed by atoms with Crippen molar-refractivity contribution in [3.63, 3.8) is 0 Å². The Morgan fingerprint density at radius 2 is 0.620 bits per heavy atom. The normalized spacial score (nSPS) is 12.9. The number of ether oxygens (including phenoxy) is 4. The highest BCUT2D eigenvalue weighted by molar-refractivity contribution is 5.70. The topological polar surface area (TPSA) is 111 Å². The van der Waals surface area contributed by atoms with Gasteiger partial charge in [0.25, 0.3) is 0 Å². The first-order valence-corrected chi connectivity index (χ1v) is 39.9. The minimum atomic E-state index is -1.62. The van der Waals surface area contributed by atoms with E-state index in [1.807, 2.05) is 21.1 Å². The van der Waals surface area contributed by atoms with Crippen molar-refractivity contribution in [2.45, 2.75) is 405 Å². The van der Waals surface area contributed by atoms with Crippen molar-refractivity contribution in [1.82, 2.24) is 0 Å². The molecule has 0 aliphatic rings. The number of unbranched alkanes of at least 4 members (excludes halogenated alkanes) is 50. The predicted molar refractivity (Wildman–Crippen MR) is 394 cm³/mol. The third kappa shape index (κ3) is 74.4. The van der Waals surface area contributed by atoms with E-state index in [9.17, 15) is 19.5 Å². The molecule has 0 radical (unpaired) electrons. The van der Waals surface area contributed by atoms with Crippen LogP contribution in [0.3, 0.4) is 0 Å². The Morgan fingerprint density at radius 3 is 0.924 bits per heavy atom. The minimum Gasteiger partial charge on any atom is -0.545 e. The number of allylic oxidation sites excluding steroid dienone is 10. The van der Waals surface area contributed by atoms with Gasteiger partial charge >= 0.3 is 11.9 Å². The maximum absolute atomic E-state index is 13.0. The summed E-state index contributed by atoms with van der Waals surface area (Å²) in [5, 5.41) is 11.9. The van der Waals surface area contributed by atoms with Crippen molar-refractivity contribution in [3.8, 4) is 0 Å². The summed E-state index contributed by atoms with van der Waals surface area (Å²) in [6.45, 7) is 4.71. The second kappa shape index (κ2) is 73.8. The molecule has 0 aliphatic heterocycles. The number of aliphatic carboxylic acids is 1. The van der Waals surface area contributed by atoms with Gasteiger partial charge in [-0.15, -0.1) is 0 Å². The van der Waals surface area contributed by atoms with Crippen LogP contribution in [0.25, 0.3) is 0 Å². The van der Waals surface area contributed by atoms with Crippen molar-refractivity contribution in [2.75, 3.05) is 47.5 Å². The van der Waals surface area contributed by atoms with Crippen LogP contribution >= 0.6 is 0 Å². The molecule has 92 heavy (non-hydrogen) atoms. The lowest BCUT2D eigenvalue weighted by Crippen LogP contribution is -2.44. The number of quaternary nitrogens is 1. The van der Waals surface area contributed by atoms with E-state index >= 15 is 0 Å². The highest BCUT2D eigenvalue weighted by Crippen LogP contribution is 2.20. The van der Waals surface area contributed by atoms with E-state index in [1.54, 1.807) is 0 Å². The molecule has 0 aromatic heterocycles. The summed E-state index contributed by atoms with van der Waals surface area (Å²) in [5.41, 5.74) is 0. The van der Waals surface area contributed by atoms with Crippen LogP contribution in [0.2, 0.25) is 0 Å². The standard InChI is InChI=1S/C83H153NO8/c1-6-8-10-12-14-16-18-20-22-24-26-28-30-32-34-36-37-38-39-40-41-42-43-44-45-46-48-50-52-54-56-58-60-62-64-66-68-70-72-74-81(86)92-79(78-91-83(82(87)88)89-76-75-84(3,4)5)77-90-80(85)73-71-69-67-65-63-61-59-57-55-53-51-49-47-35-33-31-29-27-25-23-21-19-17-15-13-11-9-7-2/h8,10,14,16,20,22,26,28,32,34,79,83H,6-7,9,11-13,15,17-19,21,23-25,27,29-31,33,35-78H2,1-5H3/b10-8-,16-14-,22-20-,28-26-,34-32-. The molecule has 0 saturated carbocycles. The Kier molecular flexibility index (Phi) is 71.4. The van der Waals surface area contributed by atoms with Gasteiger partial charge in [-0.1, -0.05) is 383 Å². The number of carbonyl (C=O) groups excluding carboxylic acids is 3. The molecule has 9 nitrogen and oxygen atoms in total. The number of nitrogens with zero attached hydrogens (tertiary/aromatic N) is 1. The first-order valence-electron chi connectivity index (χ1n) is 39.9. The summed E-state index contributed by atoms with van der Waals surface area (Å²) >= 11 is 0. The van der Waals surface area contributed by atoms with Gasteiger partial charge in [0.15, 0.2) is 12.4 Å². The third-order valence-corrected chi connectivity index (χ3v) is 18.0. The molecule has 538 valence electrons. The summed E-state index contributed by atoms with van der Waals surface area (Å²) in [6.07, 6.45) is 94.9. The summed E-state index contributed by atoms with van der Waals surface area (Å²) in [5.74, 6) is -2.25. The zero-order chi connectivity index (χ0) is 66.8. The highest BCUT2D eigenvalue weighted by Gasteiger charge is 2.22. The average Bonchev–Trinajstić information content (AvgIpc) is 3.75. The number of rotatable bonds is 75. The van der Waals surface area contributed by atoms with Crippen LogP contribution in [0, 0.1) is 0 Å². The largest absolute Gasteiger partial charge is 0.545 e. The van der Waals surface area contributed by atoms with Crippen LogP contribution in [0.15, 0.2) is 60.8 Å². The first-order chi connectivity index (χ1) is 45.1. The van der Waals surface area contributed by atoms with Crippen molar-refractivity contribution in [3.05, 3.63) is 60.8 Å². The number of carbonyl (C=O) groups is 3. The number of hydrogen-bond donors (Lipinski definition) is 0. The van der Waals surface area contributed by atoms with Crippen LogP contribution < -0.4 is 5.11 Å². The van der Waals surface area contributed by atoms with Crippen LogP contribution in [0.4, 0.5) is 0 Å². The van der Waals surface area contributed by atoms with Gasteiger partial charge in [0.1, 0.15) is 13.2 Å². The van der Waals surface area contributed by atoms with Gasteiger partial charge < -0.3 is 33.3 Å². The molecule has 2 unspecified atom stereocenters. The summed E-state index contributed by atoms with van der Waals surface area (Å²) in [4.78, 5) is 37.6. The Balaban J connectivity index is 3.96. The molecule has 0 saturated heterocycles. The predicted octanol–water partition coefficient (Wildman–Crippen LogP) is 24.1. The van der Waals surface area contributed by atoms with E-state index in [-0.39, 0.29) is 32.2 Å². The Labute approximate surface area is 571 Å². The monoisotopic (exact) mass is 1290 g/mol. The van der Waals surface area contributed by atoms with Gasteiger partial charge in [-0.25, -0.2) is 0 Å². The number of carboxylic acids is 1. The van der Waals surface area contributed by atoms with Crippen molar-refractivity contribution in [1.29, 1.82) is 0 Å². The first kappa shape index (κ1) is 89.0. The minimum absolute atomic E-state index is 0.151. The van der Waals surface area contributed by atoms with E-state index in [4.69, 9.17) is 18.9 Å². The lowest BCUT2D eigenvalue weighted by molar-refractivity contribution is -0.870. The van der Waals surface area contributed by atoms with E-state index in [2.05, 4.69) is 74.6 Å². The summed E-state index contributed by atoms with van der Waals surface area (Å²) in [6, 6.07) is 0. The Morgan fingerprint density at radius 1 is 0.337 bits per heavy atom. The summed E-state index contributed by atoms with van der Waals surface area (Å²) < 4.78 is 22.9. The third-order valence-electron chi connectivity index (χ3n) is 18.0. The SMILES string of the molecule is CC/C=C\C/C=C\C/C=C\C/C=C\C/C=C\CCCCCCCCCCCCCCCCCCCCCCCCCC(=O)OC(COC(=O)CCCCCCCCCCCCCCCCCCCCCCCCCCCCCC)COC(OCC[N+](C)(C)C)C(=O)[O-]. The highest BCUT2D eigenvalue weighted by atomic mass is 16.7. The molecule has 0 spiro atoms. The lowest BCUT2D eigenvalue weighted by atomic mass is 10.0. The van der Waals surface area contributed by atoms with E-state index in [1.165, 1.54) is 295 Å². The molecule has 0 bridgehead atoms. The van der Waals surface area contributed by atoms with E-state index < -0.39 is 24.3 Å². The van der Waals surface area contributed by atoms with Crippen LogP contribution in [0.5, 0.6) is 0 Å². The van der Waals surface area contributed by atoms with E-state index in [0.717, 1.165) is 70.6 Å². The van der Waals surface area contributed by atoms with Crippen molar-refractivity contribution < 1.29 is 42.9 Å². The second-order valence-corrected chi connectivity index (χ2v) is 28.3. The average molecular weight is 1290 g/mol. The molecule has 2 atom stereocenters. The molecule has 0 N–H and O–H groups in total. The van der Waals surface area contributed by atoms with Gasteiger partial charge in [0.05, 0.1) is 40.3 Å². The molecule has 9 heteroatoms. The summed E-state index contributed by atoms with van der Waals surface area (Å²) in [7, 11) is 5.95. The number of esters is 2. The zero-order valence-corrected chi connectivity index (χ0v) is 61.7. The van der Waals surface area contributed by atoms with Crippen LogP contribution in [-0.4, -0.2) is 82.3 Å². The fraction of sp³-hybridized carbons (Fsp3) is 0.843. The van der Waals surface area contributed by atoms with Gasteiger partial charge in [0, 0.05) is 12.8 Å². The maximum atomic E-state index is 13.0. The molecule has 0 aliphatic carbocycles. The fourth-order valence-corrected chi connectivity index (χ4v) is 12.0. The molecular weight excluding hydrogens is 1140 g/mol. The molecule has 0 rings (SSSR count). The van der Waals surface area contributed by atoms with E-state index in [0.29, 0.717) is 17.4 Å². The molecule has 0 heterocycles. The molecule has 0 aromatic carbocycles. The fourth-order valence-electron chi connectivity index (χ4n) is 12.0. The van der Waals surface area contributed by atoms with Gasteiger partial charge in [-0.05, 0) is 57.8 Å². The molecular formula is C83H153NO8. The van der Waals surface area contributed by atoms with Crippen LogP contribution in [-0.2, 0) is 33.3 Å². The van der Waals surface area contributed by atoms with Gasteiger partial charge in [-0.3, -0.25) is 9.59 Å². The Hall–Kier alpha value is -3.01. The van der Waals surface area contributed by atoms with Crippen LogP contribution in [0.1, 0.15) is 393 Å². The van der Waals surface area contributed by atoms with Gasteiger partial charge in [0.2, 0.25) is 0 Å². The second-order valence-electron chi connectivity index (χ2n) is 28.3. The Bertz CT molecular complexity index is 1700. The quantitative estimate of drug-likeness (QED) is 0.0195. The molecule has 0 fully saturated rings. The van der Waals surface area contributed by atoms with Crippen molar-refractivity contribution in [2.24, 2.45) is 0 Å². The smallest absolute Gasteiger partial charge is 0.306 e. The number of hydrogen-bond acceptors (Lipinski definition) is 8. The molecule has 0 amide bonds. The molecule has 0 aromatic rings. The lowest BCUT2D eigenvalue weighted by Gasteiger charge is -2.26. The van der Waals surface area contributed by atoms with Crippen molar-refractivity contribution >= 4 is 17.9 Å². The number of carboxylic acid groups (broad SMARTS) is 1. The number of likely N-dealkylation sites (N-methyl/N-ethyl adjacent to an activating group) is 1. The van der Waals surface area contributed by atoms with Gasteiger partial charge in [-0.2, -0.15) is 0 Å².